The van der Waals surface area contributed by atoms with Gasteiger partial charge in [0, 0.05) is 32.6 Å². The first kappa shape index (κ1) is 30.4. The van der Waals surface area contributed by atoms with E-state index in [1.807, 2.05) is 0 Å². The number of hydrogen-bond acceptors (Lipinski definition) is 1. The fraction of sp³-hybridized carbons (Fsp3) is 0. The van der Waals surface area contributed by atoms with Crippen LogP contribution in [0.3, 0.4) is 0 Å². The molecule has 0 saturated heterocycles. The zero-order valence-electron chi connectivity index (χ0n) is 29.4. The zero-order valence-corrected chi connectivity index (χ0v) is 29.4. The van der Waals surface area contributed by atoms with Crippen molar-refractivity contribution in [1.82, 2.24) is 14.1 Å². The van der Waals surface area contributed by atoms with Crippen LogP contribution in [0.5, 0.6) is 0 Å². The van der Waals surface area contributed by atoms with Crippen LogP contribution >= 0.6 is 0 Å². The van der Waals surface area contributed by atoms with E-state index in [0.717, 1.165) is 33.3 Å². The van der Waals surface area contributed by atoms with E-state index in [-0.39, 0.29) is 0 Å². The highest BCUT2D eigenvalue weighted by Gasteiger charge is 2.18. The molecule has 11 aromatic rings. The van der Waals surface area contributed by atoms with Crippen molar-refractivity contribution in [3.63, 3.8) is 0 Å². The van der Waals surface area contributed by atoms with Gasteiger partial charge in [-0.2, -0.15) is 0 Å². The molecule has 0 saturated carbocycles. The molecule has 3 nitrogen and oxygen atoms in total. The Morgan fingerprint density at radius 3 is 1.43 bits per heavy atom. The molecule has 0 unspecified atom stereocenters. The molecule has 252 valence electrons. The van der Waals surface area contributed by atoms with Crippen LogP contribution in [0.1, 0.15) is 0 Å². The Morgan fingerprint density at radius 2 is 0.778 bits per heavy atom. The number of nitrogens with zero attached hydrogens (tertiary/aromatic N) is 3. The summed E-state index contributed by atoms with van der Waals surface area (Å²) in [6.45, 7) is 0. The highest BCUT2D eigenvalue weighted by molar-refractivity contribution is 6.13. The summed E-state index contributed by atoms with van der Waals surface area (Å²) in [5, 5.41) is 6.05. The monoisotopic (exact) mass is 687 g/mol. The number of para-hydroxylation sites is 3. The lowest BCUT2D eigenvalue weighted by molar-refractivity contribution is 1.10. The van der Waals surface area contributed by atoms with Crippen LogP contribution in [0.25, 0.3) is 99.4 Å². The lowest BCUT2D eigenvalue weighted by atomic mass is 9.98. The maximum atomic E-state index is 5.42. The lowest BCUT2D eigenvalue weighted by Crippen LogP contribution is -1.99. The zero-order chi connectivity index (χ0) is 35.6. The van der Waals surface area contributed by atoms with Gasteiger partial charge in [-0.25, -0.2) is 4.98 Å². The van der Waals surface area contributed by atoms with E-state index in [4.69, 9.17) is 4.98 Å². The Balaban J connectivity index is 1.11. The van der Waals surface area contributed by atoms with Gasteiger partial charge in [0.2, 0.25) is 0 Å². The average Bonchev–Trinajstić information content (AvgIpc) is 3.76. The van der Waals surface area contributed by atoms with Crippen molar-refractivity contribution >= 4 is 54.5 Å². The number of aromatic nitrogens is 3. The van der Waals surface area contributed by atoms with Gasteiger partial charge in [0.05, 0.1) is 27.6 Å². The molecular formula is C51H33N3. The standard InChI is InChI=1S/C51H33N3/c1-4-14-34(15-5-1)38-24-27-40-43(35-16-6-2-7-17-35)33-51(52-46(40)32-38)54-48-23-13-11-21-42(48)45-31-37(26-29-50(45)54)36-25-28-49-44(30-36)41-20-10-12-22-47(41)53(49)39-18-8-3-9-19-39/h1-33H. The van der Waals surface area contributed by atoms with Gasteiger partial charge in [-0.3, -0.25) is 4.57 Å². The van der Waals surface area contributed by atoms with Gasteiger partial charge < -0.3 is 4.57 Å². The van der Waals surface area contributed by atoms with E-state index in [0.29, 0.717) is 0 Å². The van der Waals surface area contributed by atoms with Crippen LogP contribution in [0.4, 0.5) is 0 Å². The molecule has 0 atom stereocenters. The van der Waals surface area contributed by atoms with Crippen molar-refractivity contribution in [2.24, 2.45) is 0 Å². The van der Waals surface area contributed by atoms with Crippen molar-refractivity contribution < 1.29 is 0 Å². The maximum absolute atomic E-state index is 5.42. The first-order chi connectivity index (χ1) is 26.8. The second kappa shape index (κ2) is 12.2. The van der Waals surface area contributed by atoms with Crippen LogP contribution in [0, 0.1) is 0 Å². The molecule has 0 radical (unpaired) electrons. The third kappa shape index (κ3) is 4.79. The molecule has 0 amide bonds. The third-order valence-electron chi connectivity index (χ3n) is 10.9. The summed E-state index contributed by atoms with van der Waals surface area (Å²) >= 11 is 0. The number of rotatable bonds is 5. The molecule has 54 heavy (non-hydrogen) atoms. The summed E-state index contributed by atoms with van der Waals surface area (Å²) in [4.78, 5) is 5.42. The van der Waals surface area contributed by atoms with Crippen molar-refractivity contribution in [3.8, 4) is 44.9 Å². The fourth-order valence-corrected chi connectivity index (χ4v) is 8.40. The Kier molecular flexibility index (Phi) is 6.86. The molecule has 0 aliphatic heterocycles. The van der Waals surface area contributed by atoms with Crippen LogP contribution in [0.15, 0.2) is 200 Å². The summed E-state index contributed by atoms with van der Waals surface area (Å²) in [5.74, 6) is 0.903. The number of benzene rings is 8. The van der Waals surface area contributed by atoms with Crippen LogP contribution in [0.2, 0.25) is 0 Å². The fourth-order valence-electron chi connectivity index (χ4n) is 8.40. The van der Waals surface area contributed by atoms with Gasteiger partial charge in [0.15, 0.2) is 0 Å². The number of fused-ring (bicyclic) bond motifs is 7. The highest BCUT2D eigenvalue weighted by Crippen LogP contribution is 2.40. The molecule has 0 bridgehead atoms. The minimum atomic E-state index is 0.903. The first-order valence-electron chi connectivity index (χ1n) is 18.5. The van der Waals surface area contributed by atoms with E-state index >= 15 is 0 Å². The predicted molar refractivity (Wildman–Crippen MR) is 227 cm³/mol. The van der Waals surface area contributed by atoms with E-state index in [1.165, 1.54) is 66.1 Å². The van der Waals surface area contributed by atoms with Gasteiger partial charge in [0.25, 0.3) is 0 Å². The number of hydrogen-bond donors (Lipinski definition) is 0. The molecular weight excluding hydrogens is 655 g/mol. The van der Waals surface area contributed by atoms with Crippen LogP contribution in [-0.4, -0.2) is 14.1 Å². The SMILES string of the molecule is c1ccc(-c2ccc3c(-c4ccccc4)cc(-n4c5ccccc5c5cc(-c6ccc7c(c6)c6ccccc6n7-c6ccccc6)ccc54)nc3c2)cc1. The minimum absolute atomic E-state index is 0.903. The quantitative estimate of drug-likeness (QED) is 0.177. The molecule has 0 fully saturated rings. The Morgan fingerprint density at radius 1 is 0.296 bits per heavy atom. The second-order valence-electron chi connectivity index (χ2n) is 14.0. The van der Waals surface area contributed by atoms with Crippen molar-refractivity contribution in [2.75, 3.05) is 0 Å². The molecule has 3 aromatic heterocycles. The number of pyridine rings is 1. The van der Waals surface area contributed by atoms with E-state index in [2.05, 4.69) is 209 Å². The molecule has 11 rings (SSSR count). The summed E-state index contributed by atoms with van der Waals surface area (Å²) in [6.07, 6.45) is 0. The molecule has 3 heteroatoms. The van der Waals surface area contributed by atoms with Crippen molar-refractivity contribution in [3.05, 3.63) is 200 Å². The van der Waals surface area contributed by atoms with E-state index < -0.39 is 0 Å². The topological polar surface area (TPSA) is 22.8 Å². The van der Waals surface area contributed by atoms with Crippen molar-refractivity contribution in [2.45, 2.75) is 0 Å². The molecule has 3 heterocycles. The minimum Gasteiger partial charge on any atom is -0.309 e. The summed E-state index contributed by atoms with van der Waals surface area (Å²) in [5.41, 5.74) is 13.9. The first-order valence-corrected chi connectivity index (χ1v) is 18.5. The maximum Gasteiger partial charge on any atom is 0.138 e. The van der Waals surface area contributed by atoms with Gasteiger partial charge in [0.1, 0.15) is 5.82 Å². The van der Waals surface area contributed by atoms with Gasteiger partial charge in [-0.15, -0.1) is 0 Å². The van der Waals surface area contributed by atoms with E-state index in [9.17, 15) is 0 Å². The van der Waals surface area contributed by atoms with Gasteiger partial charge in [-0.1, -0.05) is 140 Å². The Hall–Kier alpha value is -7.23. The molecule has 8 aromatic carbocycles. The Labute approximate surface area is 312 Å². The second-order valence-corrected chi connectivity index (χ2v) is 14.0. The highest BCUT2D eigenvalue weighted by atomic mass is 15.1. The molecule has 0 spiro atoms. The summed E-state index contributed by atoms with van der Waals surface area (Å²) in [7, 11) is 0. The average molecular weight is 688 g/mol. The van der Waals surface area contributed by atoms with E-state index in [1.54, 1.807) is 0 Å². The Bertz CT molecular complexity index is 3190. The lowest BCUT2D eigenvalue weighted by Gasteiger charge is -2.14. The molecule has 0 aliphatic rings. The normalized spacial score (nSPS) is 11.7. The third-order valence-corrected chi connectivity index (χ3v) is 10.9. The van der Waals surface area contributed by atoms with Gasteiger partial charge >= 0.3 is 0 Å². The molecule has 0 aliphatic carbocycles. The van der Waals surface area contributed by atoms with Crippen LogP contribution < -0.4 is 0 Å². The smallest absolute Gasteiger partial charge is 0.138 e. The predicted octanol–water partition coefficient (Wildman–Crippen LogP) is 13.4. The van der Waals surface area contributed by atoms with Crippen LogP contribution in [-0.2, 0) is 0 Å². The van der Waals surface area contributed by atoms with Crippen molar-refractivity contribution in [1.29, 1.82) is 0 Å². The van der Waals surface area contributed by atoms with Gasteiger partial charge in [-0.05, 0) is 94.0 Å². The summed E-state index contributed by atoms with van der Waals surface area (Å²) in [6, 6.07) is 72.0. The molecule has 0 N–H and O–H groups in total. The largest absolute Gasteiger partial charge is 0.309 e. The summed E-state index contributed by atoms with van der Waals surface area (Å²) < 4.78 is 4.71.